The van der Waals surface area contributed by atoms with E-state index in [0.717, 1.165) is 0 Å². The lowest BCUT2D eigenvalue weighted by Crippen LogP contribution is -2.55. The minimum atomic E-state index is -0.225. The Morgan fingerprint density at radius 1 is 1.30 bits per heavy atom. The van der Waals surface area contributed by atoms with Crippen LogP contribution in [0.15, 0.2) is 18.2 Å². The first-order chi connectivity index (χ1) is 9.47. The average Bonchev–Trinajstić information content (AvgIpc) is 2.38. The Morgan fingerprint density at radius 2 is 1.95 bits per heavy atom. The van der Waals surface area contributed by atoms with E-state index in [-0.39, 0.29) is 5.82 Å². The number of hydrazine groups is 1. The first-order valence-corrected chi connectivity index (χ1v) is 7.50. The van der Waals surface area contributed by atoms with Crippen LogP contribution in [0.4, 0.5) is 10.1 Å². The van der Waals surface area contributed by atoms with Crippen molar-refractivity contribution in [2.24, 2.45) is 0 Å². The number of hydrogen-bond acceptors (Lipinski definition) is 2. The predicted octanol–water partition coefficient (Wildman–Crippen LogP) is 3.60. The Kier molecular flexibility index (Phi) is 4.94. The summed E-state index contributed by atoms with van der Waals surface area (Å²) in [5.74, 6) is -0.225. The standard InChI is InChI=1S/C15H22FN3S/c1-10-7-8-13(9-14(10)16)17-15(20)18-19-11(2)5-4-6-12(19)3/h7-9,11-12H,4-6H2,1-3H3,(H2,17,18,20)/t11-,12-/m0/s1. The zero-order valence-electron chi connectivity index (χ0n) is 12.2. The zero-order chi connectivity index (χ0) is 14.7. The van der Waals surface area contributed by atoms with E-state index >= 15 is 0 Å². The molecule has 1 aliphatic rings. The van der Waals surface area contributed by atoms with Crippen LogP contribution in [0.1, 0.15) is 38.7 Å². The number of anilines is 1. The van der Waals surface area contributed by atoms with E-state index in [1.807, 2.05) is 6.07 Å². The highest BCUT2D eigenvalue weighted by Gasteiger charge is 2.25. The molecule has 2 atom stereocenters. The van der Waals surface area contributed by atoms with Gasteiger partial charge in [-0.3, -0.25) is 5.43 Å². The summed E-state index contributed by atoms with van der Waals surface area (Å²) in [6.45, 7) is 6.13. The number of rotatable bonds is 2. The maximum absolute atomic E-state index is 13.5. The minimum Gasteiger partial charge on any atom is -0.332 e. The fraction of sp³-hybridized carbons (Fsp3) is 0.533. The van der Waals surface area contributed by atoms with Crippen LogP contribution in [0.2, 0.25) is 0 Å². The van der Waals surface area contributed by atoms with Gasteiger partial charge in [-0.2, -0.15) is 0 Å². The third kappa shape index (κ3) is 3.67. The van der Waals surface area contributed by atoms with Crippen molar-refractivity contribution in [1.82, 2.24) is 10.4 Å². The number of nitrogens with one attached hydrogen (secondary N) is 2. The predicted molar refractivity (Wildman–Crippen MR) is 85.1 cm³/mol. The number of piperidine rings is 1. The maximum Gasteiger partial charge on any atom is 0.185 e. The number of halogens is 1. The lowest BCUT2D eigenvalue weighted by atomic mass is 10.00. The topological polar surface area (TPSA) is 27.3 Å². The van der Waals surface area contributed by atoms with E-state index in [2.05, 4.69) is 29.6 Å². The van der Waals surface area contributed by atoms with Gasteiger partial charge in [-0.1, -0.05) is 12.5 Å². The van der Waals surface area contributed by atoms with Crippen molar-refractivity contribution in [1.29, 1.82) is 0 Å². The molecule has 0 saturated carbocycles. The molecule has 0 spiro atoms. The summed E-state index contributed by atoms with van der Waals surface area (Å²) in [6.07, 6.45) is 3.59. The second-order valence-electron chi connectivity index (χ2n) is 5.57. The largest absolute Gasteiger partial charge is 0.332 e. The van der Waals surface area contributed by atoms with Gasteiger partial charge in [-0.15, -0.1) is 0 Å². The first kappa shape index (κ1) is 15.2. The number of thiocarbonyl (C=S) groups is 1. The van der Waals surface area contributed by atoms with Crippen LogP contribution < -0.4 is 10.7 Å². The van der Waals surface area contributed by atoms with Crippen molar-refractivity contribution in [3.63, 3.8) is 0 Å². The molecule has 0 unspecified atom stereocenters. The number of nitrogens with zero attached hydrogens (tertiary/aromatic N) is 1. The van der Waals surface area contributed by atoms with E-state index in [0.29, 0.717) is 28.4 Å². The fourth-order valence-corrected chi connectivity index (χ4v) is 2.81. The van der Waals surface area contributed by atoms with Crippen LogP contribution in [0, 0.1) is 12.7 Å². The average molecular weight is 295 g/mol. The van der Waals surface area contributed by atoms with Gasteiger partial charge in [0.15, 0.2) is 5.11 Å². The highest BCUT2D eigenvalue weighted by molar-refractivity contribution is 7.80. The van der Waals surface area contributed by atoms with Crippen molar-refractivity contribution < 1.29 is 4.39 Å². The fourth-order valence-electron chi connectivity index (χ4n) is 2.59. The van der Waals surface area contributed by atoms with Crippen molar-refractivity contribution >= 4 is 23.0 Å². The molecule has 0 radical (unpaired) electrons. The molecule has 0 amide bonds. The van der Waals surface area contributed by atoms with E-state index in [9.17, 15) is 4.39 Å². The lowest BCUT2D eigenvalue weighted by Gasteiger charge is -2.39. The minimum absolute atomic E-state index is 0.225. The second kappa shape index (κ2) is 6.50. The third-order valence-electron chi connectivity index (χ3n) is 3.85. The van der Waals surface area contributed by atoms with Gasteiger partial charge in [0.2, 0.25) is 0 Å². The molecule has 1 heterocycles. The summed E-state index contributed by atoms with van der Waals surface area (Å²) in [7, 11) is 0. The quantitative estimate of drug-likeness (QED) is 0.815. The molecule has 1 fully saturated rings. The Bertz CT molecular complexity index is 482. The summed E-state index contributed by atoms with van der Waals surface area (Å²) in [4.78, 5) is 0. The molecule has 5 heteroatoms. The second-order valence-corrected chi connectivity index (χ2v) is 5.97. The Hall–Kier alpha value is -1.20. The van der Waals surface area contributed by atoms with Gasteiger partial charge in [0.25, 0.3) is 0 Å². The maximum atomic E-state index is 13.5. The summed E-state index contributed by atoms with van der Waals surface area (Å²) in [6, 6.07) is 5.94. The molecular weight excluding hydrogens is 273 g/mol. The first-order valence-electron chi connectivity index (χ1n) is 7.09. The summed E-state index contributed by atoms with van der Waals surface area (Å²) < 4.78 is 13.5. The van der Waals surface area contributed by atoms with Crippen LogP contribution in [-0.2, 0) is 0 Å². The molecule has 0 aliphatic carbocycles. The van der Waals surface area contributed by atoms with Crippen LogP contribution >= 0.6 is 12.2 Å². The monoisotopic (exact) mass is 295 g/mol. The molecule has 20 heavy (non-hydrogen) atoms. The molecule has 1 aromatic carbocycles. The molecule has 2 N–H and O–H groups in total. The van der Waals surface area contributed by atoms with E-state index in [1.165, 1.54) is 25.3 Å². The van der Waals surface area contributed by atoms with E-state index in [4.69, 9.17) is 12.2 Å². The Morgan fingerprint density at radius 3 is 2.55 bits per heavy atom. The molecule has 1 saturated heterocycles. The van der Waals surface area contributed by atoms with Gasteiger partial charge >= 0.3 is 0 Å². The molecule has 1 aliphatic heterocycles. The lowest BCUT2D eigenvalue weighted by molar-refractivity contribution is 0.0750. The van der Waals surface area contributed by atoms with E-state index < -0.39 is 0 Å². The number of benzene rings is 1. The van der Waals surface area contributed by atoms with Gasteiger partial charge in [0.05, 0.1) is 0 Å². The summed E-state index contributed by atoms with van der Waals surface area (Å²) in [5, 5.41) is 5.73. The van der Waals surface area contributed by atoms with Gasteiger partial charge in [-0.25, -0.2) is 9.40 Å². The Labute approximate surface area is 125 Å². The molecule has 3 nitrogen and oxygen atoms in total. The number of aryl methyl sites for hydroxylation is 1. The molecule has 2 rings (SSSR count). The normalized spacial score (nSPS) is 23.4. The third-order valence-corrected chi connectivity index (χ3v) is 4.05. The number of hydrogen-bond donors (Lipinski definition) is 2. The van der Waals surface area contributed by atoms with Crippen molar-refractivity contribution in [2.45, 2.75) is 52.1 Å². The van der Waals surface area contributed by atoms with Crippen LogP contribution in [-0.4, -0.2) is 22.2 Å². The molecular formula is C15H22FN3S. The summed E-state index contributed by atoms with van der Waals surface area (Å²) >= 11 is 5.31. The smallest absolute Gasteiger partial charge is 0.185 e. The van der Waals surface area contributed by atoms with E-state index in [1.54, 1.807) is 13.0 Å². The zero-order valence-corrected chi connectivity index (χ0v) is 13.1. The highest BCUT2D eigenvalue weighted by atomic mass is 32.1. The van der Waals surface area contributed by atoms with Gasteiger partial charge in [0.1, 0.15) is 5.82 Å². The molecule has 1 aromatic rings. The van der Waals surface area contributed by atoms with Gasteiger partial charge in [0, 0.05) is 17.8 Å². The summed E-state index contributed by atoms with van der Waals surface area (Å²) in [5.41, 5.74) is 4.53. The van der Waals surface area contributed by atoms with Crippen LogP contribution in [0.5, 0.6) is 0 Å². The Balaban J connectivity index is 1.96. The van der Waals surface area contributed by atoms with Gasteiger partial charge < -0.3 is 5.32 Å². The van der Waals surface area contributed by atoms with Crippen LogP contribution in [0.25, 0.3) is 0 Å². The molecule has 0 aromatic heterocycles. The van der Waals surface area contributed by atoms with Crippen molar-refractivity contribution in [2.75, 3.05) is 5.32 Å². The van der Waals surface area contributed by atoms with Crippen molar-refractivity contribution in [3.8, 4) is 0 Å². The molecule has 0 bridgehead atoms. The SMILES string of the molecule is Cc1ccc(NC(=S)NN2[C@@H](C)CCC[C@@H]2C)cc1F. The van der Waals surface area contributed by atoms with Crippen molar-refractivity contribution in [3.05, 3.63) is 29.6 Å². The van der Waals surface area contributed by atoms with Gasteiger partial charge in [-0.05, 0) is 63.5 Å². The van der Waals surface area contributed by atoms with Crippen LogP contribution in [0.3, 0.4) is 0 Å². The highest BCUT2D eigenvalue weighted by Crippen LogP contribution is 2.20. The molecule has 110 valence electrons.